The van der Waals surface area contributed by atoms with E-state index in [1.165, 1.54) is 19.2 Å². The molecule has 1 aliphatic heterocycles. The Hall–Kier alpha value is -2.97. The molecule has 2 aromatic rings. The van der Waals surface area contributed by atoms with Gasteiger partial charge in [0.2, 0.25) is 0 Å². The number of hydrogen-bond acceptors (Lipinski definition) is 5. The van der Waals surface area contributed by atoms with Gasteiger partial charge in [0.25, 0.3) is 11.8 Å². The third-order valence-electron chi connectivity index (χ3n) is 4.73. The molecule has 7 nitrogen and oxygen atoms in total. The van der Waals surface area contributed by atoms with Crippen molar-refractivity contribution >= 4 is 11.8 Å². The lowest BCUT2D eigenvalue weighted by molar-refractivity contribution is -0.0446. The van der Waals surface area contributed by atoms with Gasteiger partial charge in [-0.15, -0.1) is 0 Å². The molecule has 2 amide bonds. The van der Waals surface area contributed by atoms with Crippen LogP contribution in [0.4, 0.5) is 4.39 Å². The van der Waals surface area contributed by atoms with Gasteiger partial charge in [-0.25, -0.2) is 4.39 Å². The van der Waals surface area contributed by atoms with Gasteiger partial charge in [-0.1, -0.05) is 6.07 Å². The largest absolute Gasteiger partial charge is 0.490 e. The molecule has 3 rings (SSSR count). The molecule has 0 atom stereocenters. The Bertz CT molecular complexity index is 943. The fourth-order valence-electron chi connectivity index (χ4n) is 3.28. The van der Waals surface area contributed by atoms with Gasteiger partial charge in [0.1, 0.15) is 18.2 Å². The predicted molar refractivity (Wildman–Crippen MR) is 98.8 cm³/mol. The molecule has 0 saturated carbocycles. The van der Waals surface area contributed by atoms with E-state index in [9.17, 15) is 24.2 Å². The maximum absolute atomic E-state index is 14.3. The van der Waals surface area contributed by atoms with Gasteiger partial charge in [-0.2, -0.15) is 0 Å². The van der Waals surface area contributed by atoms with Crippen LogP contribution < -0.4 is 15.4 Å². The fraction of sp³-hybridized carbons (Fsp3) is 0.300. The standard InChI is InChI=1S/C20H21FN2O5/c1-10-12(7-11-3-4-13(15(21)8-11)18(24)22-2)9-14-17(16(10)20(26)27)28-6-5-23-19(14)25/h3-4,8-9,20,26-27H,5-7H2,1-2H3,(H,22,24)(H,23,25). The number of rotatable bonds is 4. The van der Waals surface area contributed by atoms with Gasteiger partial charge >= 0.3 is 0 Å². The third kappa shape index (κ3) is 3.69. The lowest BCUT2D eigenvalue weighted by atomic mass is 9.92. The van der Waals surface area contributed by atoms with E-state index >= 15 is 0 Å². The number of nitrogens with one attached hydrogen (secondary N) is 2. The van der Waals surface area contributed by atoms with Gasteiger partial charge in [0.15, 0.2) is 6.29 Å². The van der Waals surface area contributed by atoms with E-state index in [1.54, 1.807) is 19.1 Å². The highest BCUT2D eigenvalue weighted by atomic mass is 19.1. The fourth-order valence-corrected chi connectivity index (χ4v) is 3.28. The second kappa shape index (κ2) is 7.95. The molecular weight excluding hydrogens is 367 g/mol. The number of ether oxygens (including phenoxy) is 1. The molecule has 1 aliphatic rings. The number of benzene rings is 2. The number of aliphatic hydroxyl groups is 2. The quantitative estimate of drug-likeness (QED) is 0.589. The van der Waals surface area contributed by atoms with Crippen molar-refractivity contribution in [3.8, 4) is 5.75 Å². The Morgan fingerprint density at radius 2 is 2.11 bits per heavy atom. The number of amides is 2. The van der Waals surface area contributed by atoms with Crippen molar-refractivity contribution in [3.63, 3.8) is 0 Å². The zero-order valence-electron chi connectivity index (χ0n) is 15.5. The summed E-state index contributed by atoms with van der Waals surface area (Å²) in [6, 6.07) is 5.87. The lowest BCUT2D eigenvalue weighted by Crippen LogP contribution is -2.24. The summed E-state index contributed by atoms with van der Waals surface area (Å²) >= 11 is 0. The number of halogens is 1. The summed E-state index contributed by atoms with van der Waals surface area (Å²) in [5.41, 5.74) is 1.98. The lowest BCUT2D eigenvalue weighted by Gasteiger charge is -2.19. The number of hydrogen-bond donors (Lipinski definition) is 4. The number of aliphatic hydroxyl groups excluding tert-OH is 1. The van der Waals surface area contributed by atoms with Crippen LogP contribution in [0.2, 0.25) is 0 Å². The van der Waals surface area contributed by atoms with Gasteiger partial charge in [0.05, 0.1) is 23.2 Å². The highest BCUT2D eigenvalue weighted by Gasteiger charge is 2.26. The minimum Gasteiger partial charge on any atom is -0.490 e. The Morgan fingerprint density at radius 1 is 1.36 bits per heavy atom. The van der Waals surface area contributed by atoms with Crippen molar-refractivity contribution in [2.75, 3.05) is 20.2 Å². The second-order valence-corrected chi connectivity index (χ2v) is 6.50. The molecule has 0 fully saturated rings. The third-order valence-corrected chi connectivity index (χ3v) is 4.73. The van der Waals surface area contributed by atoms with Gasteiger partial charge in [0, 0.05) is 7.05 Å². The van der Waals surface area contributed by atoms with Crippen LogP contribution in [0.5, 0.6) is 5.75 Å². The van der Waals surface area contributed by atoms with Crippen molar-refractivity contribution in [1.82, 2.24) is 10.6 Å². The van der Waals surface area contributed by atoms with Gasteiger partial charge in [-0.05, 0) is 48.2 Å². The highest BCUT2D eigenvalue weighted by molar-refractivity contribution is 5.98. The maximum atomic E-state index is 14.3. The van der Waals surface area contributed by atoms with E-state index < -0.39 is 18.0 Å². The molecule has 0 spiro atoms. The smallest absolute Gasteiger partial charge is 0.255 e. The van der Waals surface area contributed by atoms with Crippen LogP contribution in [0.1, 0.15) is 49.3 Å². The highest BCUT2D eigenvalue weighted by Crippen LogP contribution is 2.35. The molecule has 28 heavy (non-hydrogen) atoms. The molecule has 0 radical (unpaired) electrons. The van der Waals surface area contributed by atoms with Crippen LogP contribution in [0.3, 0.4) is 0 Å². The van der Waals surface area contributed by atoms with Crippen LogP contribution in [-0.4, -0.2) is 42.2 Å². The Labute approximate surface area is 161 Å². The number of carbonyl (C=O) groups is 2. The molecule has 0 unspecified atom stereocenters. The van der Waals surface area contributed by atoms with Crippen molar-refractivity contribution in [2.24, 2.45) is 0 Å². The van der Waals surface area contributed by atoms with Crippen LogP contribution in [0.25, 0.3) is 0 Å². The molecule has 0 aromatic heterocycles. The first kappa shape index (κ1) is 19.8. The van der Waals surface area contributed by atoms with Crippen molar-refractivity contribution in [1.29, 1.82) is 0 Å². The summed E-state index contributed by atoms with van der Waals surface area (Å²) in [7, 11) is 1.42. The van der Waals surface area contributed by atoms with Crippen molar-refractivity contribution in [3.05, 3.63) is 63.5 Å². The zero-order chi connectivity index (χ0) is 20.4. The maximum Gasteiger partial charge on any atom is 0.255 e. The minimum atomic E-state index is -1.83. The Kier molecular flexibility index (Phi) is 5.62. The first-order chi connectivity index (χ1) is 13.3. The second-order valence-electron chi connectivity index (χ2n) is 6.50. The molecule has 0 saturated heterocycles. The molecular formula is C20H21FN2O5. The van der Waals surface area contributed by atoms with E-state index in [2.05, 4.69) is 10.6 Å². The van der Waals surface area contributed by atoms with E-state index in [-0.39, 0.29) is 41.4 Å². The SMILES string of the molecule is CNC(=O)c1ccc(Cc2cc3c(c(C(O)O)c2C)OCCNC3=O)cc1F. The molecule has 148 valence electrons. The first-order valence-corrected chi connectivity index (χ1v) is 8.77. The van der Waals surface area contributed by atoms with E-state index in [1.807, 2.05) is 0 Å². The molecule has 0 aliphatic carbocycles. The summed E-state index contributed by atoms with van der Waals surface area (Å²) < 4.78 is 19.8. The average molecular weight is 388 g/mol. The van der Waals surface area contributed by atoms with Crippen LogP contribution >= 0.6 is 0 Å². The van der Waals surface area contributed by atoms with Crippen LogP contribution in [-0.2, 0) is 6.42 Å². The topological polar surface area (TPSA) is 108 Å². The summed E-state index contributed by atoms with van der Waals surface area (Å²) in [6.45, 7) is 2.20. The molecule has 2 aromatic carbocycles. The predicted octanol–water partition coefficient (Wildman–Crippen LogP) is 1.19. The van der Waals surface area contributed by atoms with E-state index in [0.29, 0.717) is 23.2 Å². The Balaban J connectivity index is 2.05. The summed E-state index contributed by atoms with van der Waals surface area (Å²) in [4.78, 5) is 24.0. The normalized spacial score (nSPS) is 13.4. The van der Waals surface area contributed by atoms with Crippen LogP contribution in [0, 0.1) is 12.7 Å². The molecule has 1 heterocycles. The van der Waals surface area contributed by atoms with E-state index in [0.717, 1.165) is 0 Å². The number of fused-ring (bicyclic) bond motifs is 1. The van der Waals surface area contributed by atoms with Crippen molar-refractivity contribution < 1.29 is 28.9 Å². The first-order valence-electron chi connectivity index (χ1n) is 8.77. The van der Waals surface area contributed by atoms with Gasteiger partial charge in [-0.3, -0.25) is 9.59 Å². The van der Waals surface area contributed by atoms with E-state index in [4.69, 9.17) is 4.74 Å². The minimum absolute atomic E-state index is 0.0656. The summed E-state index contributed by atoms with van der Waals surface area (Å²) in [5.74, 6) is -1.42. The van der Waals surface area contributed by atoms with Crippen LogP contribution in [0.15, 0.2) is 24.3 Å². The summed E-state index contributed by atoms with van der Waals surface area (Å²) in [6.07, 6.45) is -1.59. The molecule has 0 bridgehead atoms. The van der Waals surface area contributed by atoms with Crippen molar-refractivity contribution in [2.45, 2.75) is 19.6 Å². The summed E-state index contributed by atoms with van der Waals surface area (Å²) in [5, 5.41) is 24.7. The average Bonchev–Trinajstić information content (AvgIpc) is 2.83. The molecule has 8 heteroatoms. The molecule has 4 N–H and O–H groups in total. The monoisotopic (exact) mass is 388 g/mol. The number of carbonyl (C=O) groups excluding carboxylic acids is 2. The van der Waals surface area contributed by atoms with Gasteiger partial charge < -0.3 is 25.6 Å². The Morgan fingerprint density at radius 3 is 2.75 bits per heavy atom. The zero-order valence-corrected chi connectivity index (χ0v) is 15.5.